The maximum Gasteiger partial charge on any atom is 0.463 e. The Morgan fingerprint density at radius 1 is 0.667 bits per heavy atom. The lowest BCUT2D eigenvalue weighted by atomic mass is 10.1. The average molecular weight is 506 g/mol. The van der Waals surface area contributed by atoms with Gasteiger partial charge in [0, 0.05) is 11.1 Å². The third kappa shape index (κ3) is 6.12. The van der Waals surface area contributed by atoms with Gasteiger partial charge in [-0.2, -0.15) is 0 Å². The molecule has 8 heteroatoms. The Kier molecular flexibility index (Phi) is 8.18. The predicted octanol–water partition coefficient (Wildman–Crippen LogP) is 6.24. The van der Waals surface area contributed by atoms with Gasteiger partial charge in [0.1, 0.15) is 0 Å². The van der Waals surface area contributed by atoms with Gasteiger partial charge in [-0.15, -0.1) is 0 Å². The zero-order valence-corrected chi connectivity index (χ0v) is 21.5. The van der Waals surface area contributed by atoms with E-state index in [4.69, 9.17) is 18.5 Å². The second-order valence-corrected chi connectivity index (χ2v) is 9.97. The van der Waals surface area contributed by atoms with Gasteiger partial charge in [0.2, 0.25) is 0 Å². The predicted molar refractivity (Wildman–Crippen MR) is 138 cm³/mol. The molecule has 0 radical (unpaired) electrons. The van der Waals surface area contributed by atoms with E-state index in [1.807, 2.05) is 13.0 Å². The van der Waals surface area contributed by atoms with Gasteiger partial charge in [-0.1, -0.05) is 49.6 Å². The SMILES string of the molecule is C=C(C)C(=O)Oc1ccccc1OP(=O)(Oc1ccccc1OC(=O)C(=C)C)c1cccc(C)c1C. The lowest BCUT2D eigenvalue weighted by Crippen LogP contribution is -2.19. The molecule has 0 bridgehead atoms. The molecule has 0 N–H and O–H groups in total. The van der Waals surface area contributed by atoms with E-state index in [2.05, 4.69) is 13.2 Å². The first-order valence-electron chi connectivity index (χ1n) is 11.0. The molecule has 0 saturated heterocycles. The normalized spacial score (nSPS) is 10.8. The fourth-order valence-corrected chi connectivity index (χ4v) is 4.91. The van der Waals surface area contributed by atoms with E-state index in [-0.39, 0.29) is 34.1 Å². The number of benzene rings is 3. The highest BCUT2D eigenvalue weighted by Crippen LogP contribution is 2.52. The van der Waals surface area contributed by atoms with Crippen LogP contribution >= 0.6 is 7.60 Å². The van der Waals surface area contributed by atoms with Crippen LogP contribution in [0.2, 0.25) is 0 Å². The number of hydrogen-bond acceptors (Lipinski definition) is 7. The molecule has 0 heterocycles. The molecule has 0 aliphatic rings. The standard InChI is InChI=1S/C28H27O7P/c1-18(2)27(29)32-22-13-7-9-15-24(22)34-36(31,26-17-11-12-20(5)21(26)6)35-25-16-10-8-14-23(25)33-28(30)19(3)4/h7-17H,1,3H2,2,4-6H3. The van der Waals surface area contributed by atoms with Crippen LogP contribution in [0.25, 0.3) is 0 Å². The molecule has 3 rings (SSSR count). The summed E-state index contributed by atoms with van der Waals surface area (Å²) < 4.78 is 37.3. The van der Waals surface area contributed by atoms with Crippen LogP contribution in [-0.4, -0.2) is 11.9 Å². The highest BCUT2D eigenvalue weighted by molar-refractivity contribution is 7.63. The first kappa shape index (κ1) is 26.5. The summed E-state index contributed by atoms with van der Waals surface area (Å²) in [4.78, 5) is 24.3. The number of hydrogen-bond donors (Lipinski definition) is 0. The van der Waals surface area contributed by atoms with Gasteiger partial charge >= 0.3 is 19.5 Å². The summed E-state index contributed by atoms with van der Waals surface area (Å²) in [6.45, 7) is 13.9. The second kappa shape index (κ2) is 11.1. The van der Waals surface area contributed by atoms with Crippen LogP contribution in [0.5, 0.6) is 23.0 Å². The molecule has 0 aliphatic heterocycles. The lowest BCUT2D eigenvalue weighted by molar-refractivity contribution is -0.131. The van der Waals surface area contributed by atoms with Crippen molar-refractivity contribution >= 4 is 24.8 Å². The first-order valence-corrected chi connectivity index (χ1v) is 12.6. The first-order chi connectivity index (χ1) is 17.0. The van der Waals surface area contributed by atoms with Crippen LogP contribution in [0.4, 0.5) is 0 Å². The van der Waals surface area contributed by atoms with Gasteiger partial charge in [0.05, 0.1) is 5.30 Å². The summed E-state index contributed by atoms with van der Waals surface area (Å²) in [5.41, 5.74) is 1.93. The van der Waals surface area contributed by atoms with Gasteiger partial charge in [-0.25, -0.2) is 14.2 Å². The molecular weight excluding hydrogens is 479 g/mol. The maximum absolute atomic E-state index is 14.5. The summed E-state index contributed by atoms with van der Waals surface area (Å²) in [5.74, 6) is -1.19. The molecule has 0 saturated carbocycles. The molecule has 0 fully saturated rings. The third-order valence-electron chi connectivity index (χ3n) is 5.11. The van der Waals surface area contributed by atoms with Crippen molar-refractivity contribution in [1.82, 2.24) is 0 Å². The van der Waals surface area contributed by atoms with Crippen molar-refractivity contribution in [2.24, 2.45) is 0 Å². The topological polar surface area (TPSA) is 88.1 Å². The van der Waals surface area contributed by atoms with Crippen molar-refractivity contribution in [2.75, 3.05) is 0 Å². The van der Waals surface area contributed by atoms with Crippen LogP contribution in [-0.2, 0) is 14.2 Å². The van der Waals surface area contributed by atoms with E-state index in [0.717, 1.165) is 5.56 Å². The highest BCUT2D eigenvalue weighted by Gasteiger charge is 2.36. The Balaban J connectivity index is 2.11. The minimum atomic E-state index is -4.20. The Hall–Kier alpha value is -4.09. The Morgan fingerprint density at radius 3 is 1.50 bits per heavy atom. The molecule has 0 atom stereocenters. The smallest absolute Gasteiger partial charge is 0.419 e. The highest BCUT2D eigenvalue weighted by atomic mass is 31.2. The van der Waals surface area contributed by atoms with Gasteiger partial charge < -0.3 is 18.5 Å². The van der Waals surface area contributed by atoms with Crippen molar-refractivity contribution in [3.05, 3.63) is 102 Å². The number of ether oxygens (including phenoxy) is 2. The fourth-order valence-electron chi connectivity index (χ4n) is 3.00. The van der Waals surface area contributed by atoms with E-state index < -0.39 is 19.5 Å². The fraction of sp³-hybridized carbons (Fsp3) is 0.143. The van der Waals surface area contributed by atoms with Crippen molar-refractivity contribution in [2.45, 2.75) is 27.7 Å². The van der Waals surface area contributed by atoms with Gasteiger partial charge in [-0.3, -0.25) is 0 Å². The number of carbonyl (C=O) groups is 2. The summed E-state index contributed by atoms with van der Waals surface area (Å²) in [6, 6.07) is 17.8. The number of esters is 2. The van der Waals surface area contributed by atoms with Crippen LogP contribution < -0.4 is 23.8 Å². The summed E-state index contributed by atoms with van der Waals surface area (Å²) in [7, 11) is -4.20. The molecule has 0 spiro atoms. The van der Waals surface area contributed by atoms with E-state index in [0.29, 0.717) is 10.9 Å². The molecule has 3 aromatic carbocycles. The molecule has 3 aromatic rings. The van der Waals surface area contributed by atoms with E-state index in [1.165, 1.54) is 38.1 Å². The largest absolute Gasteiger partial charge is 0.463 e. The number of rotatable bonds is 9. The minimum Gasteiger partial charge on any atom is -0.419 e. The molecule has 0 amide bonds. The second-order valence-electron chi connectivity index (χ2n) is 8.13. The van der Waals surface area contributed by atoms with Crippen molar-refractivity contribution in [1.29, 1.82) is 0 Å². The molecule has 0 unspecified atom stereocenters. The molecule has 186 valence electrons. The zero-order valence-electron chi connectivity index (χ0n) is 20.6. The van der Waals surface area contributed by atoms with E-state index in [9.17, 15) is 14.2 Å². The average Bonchev–Trinajstić information content (AvgIpc) is 2.83. The molecule has 0 aromatic heterocycles. The Bertz CT molecular complexity index is 1310. The van der Waals surface area contributed by atoms with Crippen LogP contribution in [0.1, 0.15) is 25.0 Å². The zero-order chi connectivity index (χ0) is 26.5. The van der Waals surface area contributed by atoms with Gasteiger partial charge in [0.25, 0.3) is 0 Å². The lowest BCUT2D eigenvalue weighted by Gasteiger charge is -2.24. The van der Waals surface area contributed by atoms with Crippen LogP contribution in [0, 0.1) is 13.8 Å². The third-order valence-corrected chi connectivity index (χ3v) is 7.06. The summed E-state index contributed by atoms with van der Waals surface area (Å²) in [5, 5.41) is 0.296. The number of aryl methyl sites for hydroxylation is 1. The summed E-state index contributed by atoms with van der Waals surface area (Å²) in [6.07, 6.45) is 0. The molecular formula is C28H27O7P. The number of carbonyl (C=O) groups excluding carboxylic acids is 2. The molecule has 0 aliphatic carbocycles. The van der Waals surface area contributed by atoms with Crippen molar-refractivity contribution in [3.8, 4) is 23.0 Å². The molecule has 7 nitrogen and oxygen atoms in total. The monoisotopic (exact) mass is 506 g/mol. The van der Waals surface area contributed by atoms with Crippen LogP contribution in [0.15, 0.2) is 91.0 Å². The van der Waals surface area contributed by atoms with E-state index >= 15 is 0 Å². The van der Waals surface area contributed by atoms with E-state index in [1.54, 1.807) is 43.3 Å². The molecule has 36 heavy (non-hydrogen) atoms. The Morgan fingerprint density at radius 2 is 1.08 bits per heavy atom. The summed E-state index contributed by atoms with van der Waals surface area (Å²) >= 11 is 0. The quantitative estimate of drug-likeness (QED) is 0.147. The minimum absolute atomic E-state index is 0.0211. The van der Waals surface area contributed by atoms with Gasteiger partial charge in [-0.05, 0) is 69.2 Å². The van der Waals surface area contributed by atoms with Crippen LogP contribution in [0.3, 0.4) is 0 Å². The Labute approximate surface area is 210 Å². The number of para-hydroxylation sites is 4. The van der Waals surface area contributed by atoms with Gasteiger partial charge in [0.15, 0.2) is 23.0 Å². The van der Waals surface area contributed by atoms with Crippen molar-refractivity contribution in [3.63, 3.8) is 0 Å². The maximum atomic E-state index is 14.5. The van der Waals surface area contributed by atoms with Crippen molar-refractivity contribution < 1.29 is 32.7 Å².